The number of aliphatic carboxylic acids is 1. The molecule has 11 heteroatoms. The first-order valence-electron chi connectivity index (χ1n) is 8.56. The zero-order chi connectivity index (χ0) is 22.1. The summed E-state index contributed by atoms with van der Waals surface area (Å²) in [4.78, 5) is 39.3. The lowest BCUT2D eigenvalue weighted by Crippen LogP contribution is -2.36. The summed E-state index contributed by atoms with van der Waals surface area (Å²) in [5.74, 6) is -3.38. The van der Waals surface area contributed by atoms with Gasteiger partial charge >= 0.3 is 12.1 Å². The molecule has 2 aromatic rings. The molecule has 0 bridgehead atoms. The maximum Gasteiger partial charge on any atom is 0.433 e. The average Bonchev–Trinajstić information content (AvgIpc) is 2.57. The number of hydrogen-bond donors (Lipinski definition) is 3. The standard InChI is InChI=1S/C18H20F3N3O5/c1-17(2,3)6-7-24-14-9(4-5-10(23-14)18(19,20)21)13(27)12(16(24)29)15(28)22-8-11(25)26/h4-5,27H,6-8H2,1-3H3,(H,22,28)(H,25,26). The third-order valence-electron chi connectivity index (χ3n) is 4.08. The highest BCUT2D eigenvalue weighted by Crippen LogP contribution is 2.32. The summed E-state index contributed by atoms with van der Waals surface area (Å²) in [6.45, 7) is 4.71. The van der Waals surface area contributed by atoms with Crippen molar-refractivity contribution in [2.24, 2.45) is 5.41 Å². The molecule has 0 unspecified atom stereocenters. The molecular weight excluding hydrogens is 395 g/mol. The molecule has 8 nitrogen and oxygen atoms in total. The van der Waals surface area contributed by atoms with Crippen molar-refractivity contribution in [3.63, 3.8) is 0 Å². The molecule has 0 fully saturated rings. The second-order valence-electron chi connectivity index (χ2n) is 7.63. The number of alkyl halides is 3. The fraction of sp³-hybridized carbons (Fsp3) is 0.444. The van der Waals surface area contributed by atoms with Crippen LogP contribution in [0.5, 0.6) is 5.75 Å². The lowest BCUT2D eigenvalue weighted by molar-refractivity contribution is -0.141. The van der Waals surface area contributed by atoms with Crippen LogP contribution in [0.2, 0.25) is 0 Å². The molecule has 0 atom stereocenters. The van der Waals surface area contributed by atoms with Gasteiger partial charge in [-0.25, -0.2) is 4.98 Å². The fourth-order valence-corrected chi connectivity index (χ4v) is 2.57. The maximum atomic E-state index is 13.1. The Balaban J connectivity index is 2.75. The van der Waals surface area contributed by atoms with Crippen molar-refractivity contribution in [1.29, 1.82) is 0 Å². The van der Waals surface area contributed by atoms with Crippen LogP contribution in [-0.2, 0) is 17.5 Å². The number of hydrogen-bond acceptors (Lipinski definition) is 5. The van der Waals surface area contributed by atoms with Gasteiger partial charge in [0.1, 0.15) is 29.2 Å². The van der Waals surface area contributed by atoms with E-state index in [1.54, 1.807) is 0 Å². The Morgan fingerprint density at radius 3 is 2.34 bits per heavy atom. The summed E-state index contributed by atoms with van der Waals surface area (Å²) < 4.78 is 40.1. The van der Waals surface area contributed by atoms with E-state index in [9.17, 15) is 32.7 Å². The minimum atomic E-state index is -4.77. The number of rotatable bonds is 5. The van der Waals surface area contributed by atoms with Crippen LogP contribution in [0.25, 0.3) is 11.0 Å². The Hall–Kier alpha value is -3.11. The highest BCUT2D eigenvalue weighted by atomic mass is 19.4. The lowest BCUT2D eigenvalue weighted by Gasteiger charge is -2.21. The Kier molecular flexibility index (Phi) is 5.91. The number of amides is 1. The number of aromatic nitrogens is 2. The zero-order valence-corrected chi connectivity index (χ0v) is 15.9. The number of fused-ring (bicyclic) bond motifs is 1. The first-order valence-corrected chi connectivity index (χ1v) is 8.56. The number of nitrogens with zero attached hydrogens (tertiary/aromatic N) is 2. The van der Waals surface area contributed by atoms with Gasteiger partial charge < -0.3 is 15.5 Å². The van der Waals surface area contributed by atoms with Crippen molar-refractivity contribution in [3.05, 3.63) is 33.7 Å². The van der Waals surface area contributed by atoms with Gasteiger partial charge in [0.2, 0.25) is 0 Å². The van der Waals surface area contributed by atoms with Crippen LogP contribution in [0.4, 0.5) is 13.2 Å². The number of halogens is 3. The van der Waals surface area contributed by atoms with Crippen LogP contribution >= 0.6 is 0 Å². The van der Waals surface area contributed by atoms with E-state index >= 15 is 0 Å². The number of carbonyl (C=O) groups is 2. The normalized spacial score (nSPS) is 12.2. The number of carboxylic acids is 1. The monoisotopic (exact) mass is 415 g/mol. The SMILES string of the molecule is CC(C)(C)CCn1c(=O)c(C(=O)NCC(=O)O)c(O)c2ccc(C(F)(F)F)nc21. The molecule has 3 N–H and O–H groups in total. The van der Waals surface area contributed by atoms with Crippen molar-refractivity contribution < 1.29 is 33.0 Å². The molecule has 2 heterocycles. The third kappa shape index (κ3) is 5.04. The quantitative estimate of drug-likeness (QED) is 0.689. The highest BCUT2D eigenvalue weighted by Gasteiger charge is 2.34. The van der Waals surface area contributed by atoms with Gasteiger partial charge in [0.15, 0.2) is 0 Å². The van der Waals surface area contributed by atoms with Crippen molar-refractivity contribution in [1.82, 2.24) is 14.9 Å². The molecule has 0 aliphatic heterocycles. The van der Waals surface area contributed by atoms with E-state index in [0.29, 0.717) is 12.5 Å². The smallest absolute Gasteiger partial charge is 0.433 e. The number of aryl methyl sites for hydroxylation is 1. The molecule has 0 aliphatic carbocycles. The van der Waals surface area contributed by atoms with Gasteiger partial charge in [-0.05, 0) is 24.0 Å². The first kappa shape index (κ1) is 22.2. The van der Waals surface area contributed by atoms with Gasteiger partial charge in [-0.2, -0.15) is 13.2 Å². The summed E-state index contributed by atoms with van der Waals surface area (Å²) >= 11 is 0. The topological polar surface area (TPSA) is 122 Å². The van der Waals surface area contributed by atoms with Crippen molar-refractivity contribution in [3.8, 4) is 5.75 Å². The molecule has 0 saturated heterocycles. The average molecular weight is 415 g/mol. The first-order chi connectivity index (χ1) is 13.2. The van der Waals surface area contributed by atoms with Crippen molar-refractivity contribution in [2.75, 3.05) is 6.54 Å². The Morgan fingerprint density at radius 1 is 1.21 bits per heavy atom. The van der Waals surface area contributed by atoms with E-state index in [-0.39, 0.29) is 17.3 Å². The van der Waals surface area contributed by atoms with Gasteiger partial charge in [0.25, 0.3) is 11.5 Å². The molecular formula is C18H20F3N3O5. The number of nitrogens with one attached hydrogen (secondary N) is 1. The summed E-state index contributed by atoms with van der Waals surface area (Å²) in [5.41, 5.74) is -3.78. The molecule has 0 saturated carbocycles. The molecule has 2 rings (SSSR count). The van der Waals surface area contributed by atoms with Crippen LogP contribution < -0.4 is 10.9 Å². The number of carboxylic acid groups (broad SMARTS) is 1. The molecule has 158 valence electrons. The van der Waals surface area contributed by atoms with Gasteiger partial charge in [-0.3, -0.25) is 19.0 Å². The second-order valence-corrected chi connectivity index (χ2v) is 7.63. The van der Waals surface area contributed by atoms with E-state index < -0.39 is 52.8 Å². The van der Waals surface area contributed by atoms with E-state index in [2.05, 4.69) is 4.98 Å². The van der Waals surface area contributed by atoms with Crippen LogP contribution in [0, 0.1) is 5.41 Å². The highest BCUT2D eigenvalue weighted by molar-refractivity contribution is 6.02. The molecule has 1 amide bonds. The zero-order valence-electron chi connectivity index (χ0n) is 15.9. The van der Waals surface area contributed by atoms with Crippen molar-refractivity contribution >= 4 is 22.9 Å². The number of carbonyl (C=O) groups excluding carboxylic acids is 1. The van der Waals surface area contributed by atoms with Gasteiger partial charge in [0, 0.05) is 6.54 Å². The molecule has 0 aromatic carbocycles. The van der Waals surface area contributed by atoms with E-state index in [1.165, 1.54) is 0 Å². The van der Waals surface area contributed by atoms with Crippen LogP contribution in [0.1, 0.15) is 43.2 Å². The minimum absolute atomic E-state index is 0.0629. The Bertz CT molecular complexity index is 1020. The summed E-state index contributed by atoms with van der Waals surface area (Å²) in [7, 11) is 0. The fourth-order valence-electron chi connectivity index (χ4n) is 2.57. The predicted octanol–water partition coefficient (Wildman–Crippen LogP) is 2.37. The predicted molar refractivity (Wildman–Crippen MR) is 96.7 cm³/mol. The second kappa shape index (κ2) is 7.72. The largest absolute Gasteiger partial charge is 0.506 e. The minimum Gasteiger partial charge on any atom is -0.506 e. The number of pyridine rings is 2. The van der Waals surface area contributed by atoms with E-state index in [4.69, 9.17) is 5.11 Å². The summed E-state index contributed by atoms with van der Waals surface area (Å²) in [6, 6.07) is 1.54. The van der Waals surface area contributed by atoms with E-state index in [0.717, 1.165) is 10.6 Å². The van der Waals surface area contributed by atoms with Gasteiger partial charge in [-0.1, -0.05) is 20.8 Å². The molecule has 29 heavy (non-hydrogen) atoms. The molecule has 0 spiro atoms. The molecule has 2 aromatic heterocycles. The van der Waals surface area contributed by atoms with Crippen molar-refractivity contribution in [2.45, 2.75) is 39.9 Å². The Labute approximate surface area is 163 Å². The van der Waals surface area contributed by atoms with Crippen LogP contribution in [0.3, 0.4) is 0 Å². The third-order valence-corrected chi connectivity index (χ3v) is 4.08. The summed E-state index contributed by atoms with van der Waals surface area (Å²) in [5, 5.41) is 20.8. The molecule has 0 radical (unpaired) electrons. The molecule has 0 aliphatic rings. The maximum absolute atomic E-state index is 13.1. The van der Waals surface area contributed by atoms with Gasteiger partial charge in [0.05, 0.1) is 5.39 Å². The lowest BCUT2D eigenvalue weighted by atomic mass is 9.92. The Morgan fingerprint density at radius 2 is 1.83 bits per heavy atom. The van der Waals surface area contributed by atoms with Gasteiger partial charge in [-0.15, -0.1) is 0 Å². The number of aromatic hydroxyl groups is 1. The summed E-state index contributed by atoms with van der Waals surface area (Å²) in [6.07, 6.45) is -4.41. The van der Waals surface area contributed by atoms with Crippen LogP contribution in [-0.4, -0.2) is 38.2 Å². The van der Waals surface area contributed by atoms with Crippen LogP contribution in [0.15, 0.2) is 16.9 Å². The van der Waals surface area contributed by atoms with E-state index in [1.807, 2.05) is 26.1 Å².